The van der Waals surface area contributed by atoms with E-state index in [9.17, 15) is 15.0 Å². The van der Waals surface area contributed by atoms with Gasteiger partial charge in [0.2, 0.25) is 5.91 Å². The number of unbranched alkanes of at least 4 members (excludes halogenated alkanes) is 1. The fourth-order valence-electron chi connectivity index (χ4n) is 5.77. The molecule has 0 radical (unpaired) electrons. The van der Waals surface area contributed by atoms with Gasteiger partial charge in [-0.3, -0.25) is 4.79 Å². The number of aryl methyl sites for hydroxylation is 2. The summed E-state index contributed by atoms with van der Waals surface area (Å²) in [4.78, 5) is 28.0. The number of allylic oxidation sites excluding steroid dienone is 2. The number of carbonyl (C=O) groups excluding carboxylic acids is 1. The summed E-state index contributed by atoms with van der Waals surface area (Å²) in [6.45, 7) is 2.43. The van der Waals surface area contributed by atoms with Gasteiger partial charge >= 0.3 is 0 Å². The monoisotopic (exact) mass is 613 g/mol. The minimum Gasteiger partial charge on any atom is -0.593 e. The lowest BCUT2D eigenvalue weighted by atomic mass is 9.89. The van der Waals surface area contributed by atoms with Crippen LogP contribution in [0.1, 0.15) is 54.0 Å². The molecule has 0 aliphatic heterocycles. The predicted octanol–water partition coefficient (Wildman–Crippen LogP) is 4.16. The largest absolute Gasteiger partial charge is 0.593 e. The molecule has 2 aromatic heterocycles. The Morgan fingerprint density at radius 2 is 2.02 bits per heavy atom. The van der Waals surface area contributed by atoms with Crippen molar-refractivity contribution >= 4 is 28.1 Å². The molecule has 1 aromatic carbocycles. The number of hydrogen-bond acceptors (Lipinski definition) is 8. The summed E-state index contributed by atoms with van der Waals surface area (Å²) in [6, 6.07) is 9.27. The fourth-order valence-corrected chi connectivity index (χ4v) is 6.71. The Bertz CT molecular complexity index is 1370. The van der Waals surface area contributed by atoms with Crippen molar-refractivity contribution in [2.75, 3.05) is 6.54 Å². The Balaban J connectivity index is 1.17. The molecule has 1 aliphatic carbocycles. The highest BCUT2D eigenvalue weighted by atomic mass is 32.1. The van der Waals surface area contributed by atoms with E-state index in [1.54, 1.807) is 18.2 Å². The first-order chi connectivity index (χ1) is 20.8. The van der Waals surface area contributed by atoms with Gasteiger partial charge in [0.25, 0.3) is 5.75 Å². The first kappa shape index (κ1) is 32.7. The quantitative estimate of drug-likeness (QED) is 0.0607. The van der Waals surface area contributed by atoms with Gasteiger partial charge < -0.3 is 35.3 Å². The topological polar surface area (TPSA) is 179 Å². The van der Waals surface area contributed by atoms with Crippen LogP contribution in [0, 0.1) is 18.8 Å². The highest BCUT2D eigenvalue weighted by Gasteiger charge is 2.42. The van der Waals surface area contributed by atoms with Crippen LogP contribution in [0.4, 0.5) is 0 Å². The Kier molecular flexibility index (Phi) is 12.2. The highest BCUT2D eigenvalue weighted by molar-refractivity contribution is 7.12. The van der Waals surface area contributed by atoms with Crippen molar-refractivity contribution < 1.29 is 29.8 Å². The van der Waals surface area contributed by atoms with E-state index in [4.69, 9.17) is 26.6 Å². The van der Waals surface area contributed by atoms with Crippen LogP contribution >= 0.6 is 11.3 Å². The van der Waals surface area contributed by atoms with Crippen LogP contribution in [0.25, 0.3) is 10.9 Å². The molecule has 4 unspecified atom stereocenters. The van der Waals surface area contributed by atoms with Gasteiger partial charge in [0.15, 0.2) is 0 Å². The van der Waals surface area contributed by atoms with Crippen LogP contribution in [-0.4, -0.2) is 51.1 Å². The summed E-state index contributed by atoms with van der Waals surface area (Å²) in [7, 11) is 0. The van der Waals surface area contributed by atoms with E-state index in [2.05, 4.69) is 22.5 Å². The summed E-state index contributed by atoms with van der Waals surface area (Å²) in [5.41, 5.74) is 2.04. The van der Waals surface area contributed by atoms with Crippen LogP contribution in [0.2, 0.25) is 0 Å². The first-order valence-electron chi connectivity index (χ1n) is 14.9. The second-order valence-corrected chi connectivity index (χ2v) is 12.6. The van der Waals surface area contributed by atoms with Crippen LogP contribution in [-0.2, 0) is 27.3 Å². The Labute approximate surface area is 256 Å². The molecule has 2 heterocycles. The molecule has 0 bridgehead atoms. The standard InChI is InChI=1S/C32H44N4O6S/c1-20-29(39)18-25(43-20)11-8-23(37)9-12-27-26(30(41-33)19-31(27)42-34)6-4-2-3-5-7-32(40)35-15-14-22-16-21-17-24(38)10-13-28(21)36-22/h2,4,9-10,12-13,16-18,23,26-27,30-31,36-39H,3,5-8,11,14-15,19,33-34H2,1H3,(H,35,40)/p+1/b4-2-,12-9+/t23-,26?,27?,30?,31?/m0/s1. The molecule has 0 spiro atoms. The number of aromatic amines is 1. The second-order valence-electron chi connectivity index (χ2n) is 11.3. The van der Waals surface area contributed by atoms with Crippen molar-refractivity contribution in [3.05, 3.63) is 70.1 Å². The zero-order valence-electron chi connectivity index (χ0n) is 24.6. The lowest BCUT2D eigenvalue weighted by Gasteiger charge is -2.22. The number of thiophene rings is 1. The Morgan fingerprint density at radius 1 is 1.21 bits per heavy atom. The van der Waals surface area contributed by atoms with Crippen molar-refractivity contribution in [3.8, 4) is 11.5 Å². The first-order valence-corrected chi connectivity index (χ1v) is 15.7. The van der Waals surface area contributed by atoms with E-state index in [0.717, 1.165) is 39.2 Å². The molecular weight excluding hydrogens is 568 g/mol. The Hall–Kier alpha value is -3.19. The molecule has 10 N–H and O–H groups in total. The number of H-pyrrole nitrogens is 1. The SMILES string of the molecule is Cc1sc(CC[C@H](O)/C=C/C2C(ON)CC(ON)C2C/C=C\CCCC(=O)NCCc2cc3cc([OH2+])ccc3[nH]2)cc1O. The third-order valence-electron chi connectivity index (χ3n) is 8.14. The van der Waals surface area contributed by atoms with Crippen LogP contribution in [0.3, 0.4) is 0 Å². The summed E-state index contributed by atoms with van der Waals surface area (Å²) in [6.07, 6.45) is 12.0. The van der Waals surface area contributed by atoms with Gasteiger partial charge in [0.1, 0.15) is 5.75 Å². The van der Waals surface area contributed by atoms with Gasteiger partial charge in [-0.05, 0) is 63.1 Å². The summed E-state index contributed by atoms with van der Waals surface area (Å²) >= 11 is 1.54. The zero-order chi connectivity index (χ0) is 30.8. The molecule has 1 fully saturated rings. The van der Waals surface area contributed by atoms with Gasteiger partial charge in [0.05, 0.1) is 18.3 Å². The van der Waals surface area contributed by atoms with Gasteiger partial charge in [0, 0.05) is 70.2 Å². The highest BCUT2D eigenvalue weighted by Crippen LogP contribution is 2.39. The maximum atomic E-state index is 12.3. The fraction of sp³-hybridized carbons (Fsp3) is 0.469. The molecule has 1 amide bonds. The van der Waals surface area contributed by atoms with Crippen molar-refractivity contribution in [1.29, 1.82) is 0 Å². The number of aromatic nitrogens is 1. The van der Waals surface area contributed by atoms with E-state index in [0.29, 0.717) is 56.6 Å². The van der Waals surface area contributed by atoms with Crippen molar-refractivity contribution in [3.63, 3.8) is 0 Å². The number of aliphatic hydroxyl groups is 1. The Morgan fingerprint density at radius 3 is 2.77 bits per heavy atom. The van der Waals surface area contributed by atoms with Gasteiger partial charge in [-0.25, -0.2) is 11.8 Å². The smallest absolute Gasteiger partial charge is 0.254 e. The molecule has 234 valence electrons. The zero-order valence-corrected chi connectivity index (χ0v) is 25.4. The third kappa shape index (κ3) is 9.40. The molecule has 3 aromatic rings. The number of hydrogen-bond donors (Lipinski definition) is 6. The molecular formula is C32H45N4O6S+. The minimum absolute atomic E-state index is 0.0306. The van der Waals surface area contributed by atoms with Gasteiger partial charge in [-0.1, -0.05) is 24.3 Å². The number of amides is 1. The number of nitrogens with two attached hydrogens (primary N) is 2. The average molecular weight is 614 g/mol. The number of aliphatic hydroxyl groups excluding tert-OH is 1. The van der Waals surface area contributed by atoms with Gasteiger partial charge in [-0.2, -0.15) is 0 Å². The van der Waals surface area contributed by atoms with Crippen LogP contribution in [0.15, 0.2) is 54.6 Å². The molecule has 43 heavy (non-hydrogen) atoms. The number of rotatable bonds is 16. The maximum Gasteiger partial charge on any atom is 0.254 e. The molecule has 1 saturated carbocycles. The number of benzene rings is 1. The lowest BCUT2D eigenvalue weighted by molar-refractivity contribution is -0.121. The number of nitrogens with one attached hydrogen (secondary N) is 2. The average Bonchev–Trinajstić information content (AvgIpc) is 3.65. The molecule has 0 saturated heterocycles. The second kappa shape index (κ2) is 16.0. The van der Waals surface area contributed by atoms with Gasteiger partial charge in [-0.15, -0.1) is 11.3 Å². The normalized spacial score (nSPS) is 21.4. The minimum atomic E-state index is -0.637. The van der Waals surface area contributed by atoms with Crippen molar-refractivity contribution in [2.45, 2.75) is 76.6 Å². The van der Waals surface area contributed by atoms with E-state index < -0.39 is 6.10 Å². The number of aromatic hydroxyl groups is 1. The van der Waals surface area contributed by atoms with Crippen molar-refractivity contribution in [1.82, 2.24) is 10.3 Å². The van der Waals surface area contributed by atoms with Crippen LogP contribution < -0.4 is 17.1 Å². The number of fused-ring (bicyclic) bond motifs is 1. The summed E-state index contributed by atoms with van der Waals surface area (Å²) < 4.78 is 0. The van der Waals surface area contributed by atoms with Crippen LogP contribution in [0.5, 0.6) is 11.5 Å². The molecule has 10 nitrogen and oxygen atoms in total. The molecule has 1 aliphatic rings. The summed E-state index contributed by atoms with van der Waals surface area (Å²) in [5.74, 6) is 12.0. The summed E-state index contributed by atoms with van der Waals surface area (Å²) in [5, 5.41) is 32.1. The van der Waals surface area contributed by atoms with Crippen molar-refractivity contribution in [2.24, 2.45) is 23.6 Å². The molecule has 4 rings (SSSR count). The molecule has 5 atom stereocenters. The van der Waals surface area contributed by atoms with E-state index in [1.807, 2.05) is 31.2 Å². The molecule has 11 heteroatoms. The number of carbonyl (C=O) groups is 1. The predicted molar refractivity (Wildman–Crippen MR) is 170 cm³/mol. The van der Waals surface area contributed by atoms with E-state index in [-0.39, 0.29) is 30.0 Å². The third-order valence-corrected chi connectivity index (χ3v) is 9.24. The van der Waals surface area contributed by atoms with E-state index in [1.165, 1.54) is 11.3 Å². The van der Waals surface area contributed by atoms with E-state index >= 15 is 0 Å². The lowest BCUT2D eigenvalue weighted by Crippen LogP contribution is -2.26. The maximum absolute atomic E-state index is 12.3.